The van der Waals surface area contributed by atoms with Crippen molar-refractivity contribution in [1.82, 2.24) is 4.90 Å². The molecule has 1 amide bonds. The van der Waals surface area contributed by atoms with E-state index in [9.17, 15) is 4.79 Å². The first kappa shape index (κ1) is 16.4. The third-order valence-corrected chi connectivity index (χ3v) is 8.88. The van der Waals surface area contributed by atoms with E-state index in [0.29, 0.717) is 28.7 Å². The maximum absolute atomic E-state index is 12.2. The van der Waals surface area contributed by atoms with Crippen LogP contribution in [0.15, 0.2) is 5.16 Å². The summed E-state index contributed by atoms with van der Waals surface area (Å²) >= 11 is 0. The topological polar surface area (TPSA) is 52.9 Å². The minimum atomic E-state index is 0.302. The van der Waals surface area contributed by atoms with Gasteiger partial charge in [0.25, 0.3) is 0 Å². The molecule has 7 atom stereocenters. The third-order valence-electron chi connectivity index (χ3n) is 8.88. The van der Waals surface area contributed by atoms with E-state index < -0.39 is 0 Å². The Balaban J connectivity index is 1.63. The Kier molecular flexibility index (Phi) is 3.74. The molecule has 1 N–H and O–H groups in total. The van der Waals surface area contributed by atoms with E-state index in [1.165, 1.54) is 38.5 Å². The zero-order valence-corrected chi connectivity index (χ0v) is 15.4. The van der Waals surface area contributed by atoms with E-state index in [2.05, 4.69) is 23.9 Å². The van der Waals surface area contributed by atoms with Crippen molar-refractivity contribution in [2.24, 2.45) is 39.7 Å². The molecule has 0 aromatic carbocycles. The molecule has 0 radical (unpaired) electrons. The number of carbonyl (C=O) groups excluding carboxylic acids is 1. The number of carbonyl (C=O) groups is 1. The fraction of sp³-hybridized carbons (Fsp3) is 0.900. The molecule has 4 rings (SSSR count). The Labute approximate surface area is 145 Å². The Morgan fingerprint density at radius 1 is 1.08 bits per heavy atom. The molecule has 1 aliphatic heterocycles. The van der Waals surface area contributed by atoms with Crippen LogP contribution in [0.25, 0.3) is 0 Å². The van der Waals surface area contributed by atoms with Crippen molar-refractivity contribution in [2.45, 2.75) is 71.3 Å². The molecule has 0 bridgehead atoms. The summed E-state index contributed by atoms with van der Waals surface area (Å²) in [6.07, 6.45) is 11.0. The molecule has 0 aromatic heterocycles. The van der Waals surface area contributed by atoms with Gasteiger partial charge in [0.05, 0.1) is 0 Å². The summed E-state index contributed by atoms with van der Waals surface area (Å²) in [7, 11) is 2.03. The van der Waals surface area contributed by atoms with Crippen molar-refractivity contribution >= 4 is 12.1 Å². The van der Waals surface area contributed by atoms with Crippen molar-refractivity contribution in [1.29, 1.82) is 0 Å². The molecular weight excluding hydrogens is 300 g/mol. The lowest BCUT2D eigenvalue weighted by Gasteiger charge is -2.61. The highest BCUT2D eigenvalue weighted by Crippen LogP contribution is 2.65. The lowest BCUT2D eigenvalue weighted by molar-refractivity contribution is -0.157. The zero-order chi connectivity index (χ0) is 17.1. The minimum Gasteiger partial charge on any atom is -0.411 e. The minimum absolute atomic E-state index is 0.302. The summed E-state index contributed by atoms with van der Waals surface area (Å²) in [6.45, 7) is 4.92. The molecule has 3 aliphatic carbocycles. The number of hydrogen-bond donors (Lipinski definition) is 1. The van der Waals surface area contributed by atoms with Gasteiger partial charge < -0.3 is 10.1 Å². The van der Waals surface area contributed by atoms with Crippen LogP contribution in [0.1, 0.15) is 65.2 Å². The van der Waals surface area contributed by atoms with Gasteiger partial charge in [-0.3, -0.25) is 4.79 Å². The van der Waals surface area contributed by atoms with Crippen LogP contribution in [0, 0.1) is 34.5 Å². The molecule has 4 heteroatoms. The number of hydrogen-bond acceptors (Lipinski definition) is 3. The Bertz CT molecular complexity index is 562. The molecule has 6 unspecified atom stereocenters. The van der Waals surface area contributed by atoms with Crippen LogP contribution in [0.5, 0.6) is 0 Å². The van der Waals surface area contributed by atoms with Gasteiger partial charge in [0.15, 0.2) is 0 Å². The Morgan fingerprint density at radius 2 is 1.83 bits per heavy atom. The van der Waals surface area contributed by atoms with E-state index in [0.717, 1.165) is 30.6 Å². The summed E-state index contributed by atoms with van der Waals surface area (Å²) < 4.78 is 0. The first-order valence-electron chi connectivity index (χ1n) is 9.85. The maximum atomic E-state index is 12.2. The molecule has 24 heavy (non-hydrogen) atoms. The van der Waals surface area contributed by atoms with E-state index >= 15 is 0 Å². The highest BCUT2D eigenvalue weighted by molar-refractivity contribution is 5.77. The smallest absolute Gasteiger partial charge is 0.222 e. The predicted octanol–water partition coefficient (Wildman–Crippen LogP) is 3.93. The average Bonchev–Trinajstić information content (AvgIpc) is 2.89. The van der Waals surface area contributed by atoms with Gasteiger partial charge in [-0.15, -0.1) is 5.16 Å². The van der Waals surface area contributed by atoms with Crippen molar-refractivity contribution in [3.63, 3.8) is 0 Å². The second-order valence-corrected chi connectivity index (χ2v) is 9.47. The summed E-state index contributed by atoms with van der Waals surface area (Å²) in [5.74, 6) is 3.10. The van der Waals surface area contributed by atoms with Crippen LogP contribution >= 0.6 is 0 Å². The summed E-state index contributed by atoms with van der Waals surface area (Å²) in [5.41, 5.74) is 0.614. The molecule has 3 saturated carbocycles. The van der Waals surface area contributed by atoms with Crippen LogP contribution in [-0.2, 0) is 4.79 Å². The first-order valence-corrected chi connectivity index (χ1v) is 9.85. The molecule has 0 spiro atoms. The predicted molar refractivity (Wildman–Crippen MR) is 93.9 cm³/mol. The standard InChI is InChI=1S/C20H32N2O2/c1-19-10-8-16-14(15(19)6-4-13(19)12-21-24)5-7-17-20(16,2)11-9-18(23)22(17)3/h12-17,24H,4-11H2,1-3H3/b21-12+/t13?,14?,15?,16?,17-,19?,20?/m1/s1. The van der Waals surface area contributed by atoms with Gasteiger partial charge >= 0.3 is 0 Å². The van der Waals surface area contributed by atoms with Gasteiger partial charge in [0.2, 0.25) is 5.91 Å². The molecule has 1 saturated heterocycles. The number of piperidine rings is 1. The van der Waals surface area contributed by atoms with Crippen LogP contribution in [0.3, 0.4) is 0 Å². The summed E-state index contributed by atoms with van der Waals surface area (Å²) in [6, 6.07) is 0.445. The highest BCUT2D eigenvalue weighted by Gasteiger charge is 2.60. The Morgan fingerprint density at radius 3 is 2.58 bits per heavy atom. The number of likely N-dealkylation sites (tertiary alicyclic amines) is 1. The molecule has 134 valence electrons. The molecule has 4 nitrogen and oxygen atoms in total. The molecule has 4 aliphatic rings. The lowest BCUT2D eigenvalue weighted by atomic mass is 9.47. The molecule has 4 fully saturated rings. The van der Waals surface area contributed by atoms with Crippen LogP contribution in [0.4, 0.5) is 0 Å². The third kappa shape index (κ3) is 2.04. The largest absolute Gasteiger partial charge is 0.411 e. The van der Waals surface area contributed by atoms with E-state index in [1.54, 1.807) is 6.21 Å². The van der Waals surface area contributed by atoms with Gasteiger partial charge in [-0.25, -0.2) is 0 Å². The monoisotopic (exact) mass is 332 g/mol. The number of rotatable bonds is 1. The second-order valence-electron chi connectivity index (χ2n) is 9.47. The molecular formula is C20H32N2O2. The van der Waals surface area contributed by atoms with E-state index in [4.69, 9.17) is 5.21 Å². The van der Waals surface area contributed by atoms with Gasteiger partial charge in [0.1, 0.15) is 0 Å². The quantitative estimate of drug-likeness (QED) is 0.449. The summed E-state index contributed by atoms with van der Waals surface area (Å²) in [5, 5.41) is 12.4. The van der Waals surface area contributed by atoms with Gasteiger partial charge in [-0.1, -0.05) is 13.8 Å². The normalized spacial score (nSPS) is 51.4. The average molecular weight is 332 g/mol. The number of fused-ring (bicyclic) bond motifs is 5. The molecule has 1 heterocycles. The van der Waals surface area contributed by atoms with Crippen LogP contribution in [-0.4, -0.2) is 35.3 Å². The lowest BCUT2D eigenvalue weighted by Crippen LogP contribution is -2.61. The number of oxime groups is 1. The van der Waals surface area contributed by atoms with E-state index in [-0.39, 0.29) is 0 Å². The molecule has 0 aromatic rings. The number of nitrogens with zero attached hydrogens (tertiary/aromatic N) is 2. The fourth-order valence-corrected chi connectivity index (χ4v) is 7.52. The van der Waals surface area contributed by atoms with Crippen molar-refractivity contribution < 1.29 is 10.0 Å². The van der Waals surface area contributed by atoms with Crippen LogP contribution in [0.2, 0.25) is 0 Å². The first-order chi connectivity index (χ1) is 11.4. The zero-order valence-electron chi connectivity index (χ0n) is 15.4. The maximum Gasteiger partial charge on any atom is 0.222 e. The van der Waals surface area contributed by atoms with Crippen molar-refractivity contribution in [2.75, 3.05) is 7.05 Å². The van der Waals surface area contributed by atoms with E-state index in [1.807, 2.05) is 7.05 Å². The number of amides is 1. The van der Waals surface area contributed by atoms with Crippen molar-refractivity contribution in [3.05, 3.63) is 0 Å². The second kappa shape index (κ2) is 5.47. The van der Waals surface area contributed by atoms with Gasteiger partial charge in [-0.05, 0) is 73.5 Å². The van der Waals surface area contributed by atoms with Crippen LogP contribution < -0.4 is 0 Å². The highest BCUT2D eigenvalue weighted by atomic mass is 16.4. The van der Waals surface area contributed by atoms with Gasteiger partial charge in [0, 0.05) is 31.6 Å². The summed E-state index contributed by atoms with van der Waals surface area (Å²) in [4.78, 5) is 14.3. The van der Waals surface area contributed by atoms with Crippen molar-refractivity contribution in [3.8, 4) is 0 Å². The SMILES string of the molecule is CN1C(=O)CCC2(C)C3CCC4(C)C(/C=N/O)CCC4C3CC[C@@H]12. The fourth-order valence-electron chi connectivity index (χ4n) is 7.52. The Hall–Kier alpha value is -1.06. The van der Waals surface area contributed by atoms with Gasteiger partial charge in [-0.2, -0.15) is 0 Å².